The monoisotopic (exact) mass is 702 g/mol. The molecule has 0 unspecified atom stereocenters. The minimum atomic E-state index is -3.67. The molecule has 0 atom stereocenters. The zero-order valence-corrected chi connectivity index (χ0v) is 29.1. The fourth-order valence-corrected chi connectivity index (χ4v) is 6.69. The van der Waals surface area contributed by atoms with Gasteiger partial charge in [0.05, 0.1) is 11.3 Å². The summed E-state index contributed by atoms with van der Waals surface area (Å²) in [5.41, 5.74) is 8.26. The molecule has 0 saturated carbocycles. The molecule has 2 amide bonds. The van der Waals surface area contributed by atoms with Gasteiger partial charge in [-0.2, -0.15) is 0 Å². The maximum Gasteiger partial charge on any atom is 0.410 e. The minimum absolute atomic E-state index is 0.00308. The first-order valence-corrected chi connectivity index (χ1v) is 17.8. The number of anilines is 1. The van der Waals surface area contributed by atoms with E-state index >= 15 is 0 Å². The van der Waals surface area contributed by atoms with Crippen LogP contribution in [0.25, 0.3) is 32.8 Å². The summed E-state index contributed by atoms with van der Waals surface area (Å²) in [4.78, 5) is 35.2. The number of carbonyl (C=O) groups excluding carboxylic acids is 2. The van der Waals surface area contributed by atoms with Crippen molar-refractivity contribution < 1.29 is 22.7 Å². The van der Waals surface area contributed by atoms with Crippen LogP contribution in [0.5, 0.6) is 0 Å². The van der Waals surface area contributed by atoms with Crippen molar-refractivity contribution in [2.24, 2.45) is 5.73 Å². The predicted octanol–water partition coefficient (Wildman–Crippen LogP) is 6.36. The first kappa shape index (κ1) is 35.5. The lowest BCUT2D eigenvalue weighted by Gasteiger charge is -2.27. The lowest BCUT2D eigenvalue weighted by Crippen LogP contribution is -2.41. The van der Waals surface area contributed by atoms with Crippen molar-refractivity contribution in [1.29, 1.82) is 0 Å². The van der Waals surface area contributed by atoms with Crippen LogP contribution < -0.4 is 15.8 Å². The van der Waals surface area contributed by atoms with Crippen molar-refractivity contribution in [2.45, 2.75) is 39.3 Å². The normalized spacial score (nSPS) is 11.8. The van der Waals surface area contributed by atoms with Crippen molar-refractivity contribution in [1.82, 2.24) is 19.6 Å². The molecular weight excluding hydrogens is 664 g/mol. The molecule has 5 rings (SSSR count). The third kappa shape index (κ3) is 9.44. The number of hydrogen-bond acceptors (Lipinski definition) is 8. The van der Waals surface area contributed by atoms with Crippen LogP contribution in [0.1, 0.15) is 43.1 Å². The number of hydrogen-bond donors (Lipinski definition) is 3. The average molecular weight is 703 g/mol. The molecular formula is C36H39ClN6O5S. The van der Waals surface area contributed by atoms with Crippen LogP contribution in [0.2, 0.25) is 5.02 Å². The lowest BCUT2D eigenvalue weighted by atomic mass is 10.0. The van der Waals surface area contributed by atoms with Crippen LogP contribution in [-0.2, 0) is 21.3 Å². The molecule has 0 radical (unpaired) electrons. The Balaban J connectivity index is 1.19. The van der Waals surface area contributed by atoms with E-state index < -0.39 is 27.6 Å². The first-order chi connectivity index (χ1) is 23.3. The number of fused-ring (bicyclic) bond motifs is 3. The van der Waals surface area contributed by atoms with E-state index in [4.69, 9.17) is 22.1 Å². The Kier molecular flexibility index (Phi) is 11.0. The van der Waals surface area contributed by atoms with E-state index in [9.17, 15) is 18.0 Å². The third-order valence-electron chi connectivity index (χ3n) is 7.61. The average Bonchev–Trinajstić information content (AvgIpc) is 3.05. The van der Waals surface area contributed by atoms with Gasteiger partial charge in [0, 0.05) is 70.9 Å². The van der Waals surface area contributed by atoms with Gasteiger partial charge in [-0.1, -0.05) is 60.1 Å². The number of sulfonamides is 1. The van der Waals surface area contributed by atoms with Gasteiger partial charge in [-0.15, -0.1) is 0 Å². The molecule has 5 aromatic rings. The highest BCUT2D eigenvalue weighted by Crippen LogP contribution is 2.30. The smallest absolute Gasteiger partial charge is 0.410 e. The van der Waals surface area contributed by atoms with Gasteiger partial charge in [-0.3, -0.25) is 9.78 Å². The van der Waals surface area contributed by atoms with Gasteiger partial charge >= 0.3 is 6.09 Å². The molecule has 0 aliphatic carbocycles. The summed E-state index contributed by atoms with van der Waals surface area (Å²) in [5.74, 6) is -0.165. The lowest BCUT2D eigenvalue weighted by molar-refractivity contribution is 0.0237. The molecule has 0 fully saturated rings. The van der Waals surface area contributed by atoms with Crippen molar-refractivity contribution in [3.05, 3.63) is 101 Å². The number of nitrogens with two attached hydrogens (primary N) is 1. The minimum Gasteiger partial charge on any atom is -0.444 e. The topological polar surface area (TPSA) is 157 Å². The summed E-state index contributed by atoms with van der Waals surface area (Å²) in [6.45, 7) is 5.90. The summed E-state index contributed by atoms with van der Waals surface area (Å²) in [6, 6.07) is 22.2. The summed E-state index contributed by atoms with van der Waals surface area (Å²) >= 11 is 6.61. The second kappa shape index (κ2) is 15.2. The molecule has 3 aromatic carbocycles. The molecule has 0 bridgehead atoms. The van der Waals surface area contributed by atoms with E-state index in [0.29, 0.717) is 28.5 Å². The summed E-state index contributed by atoms with van der Waals surface area (Å²) < 4.78 is 34.1. The number of primary amides is 1. The molecule has 0 spiro atoms. The predicted molar refractivity (Wildman–Crippen MR) is 194 cm³/mol. The van der Waals surface area contributed by atoms with Crippen LogP contribution in [0.4, 0.5) is 10.6 Å². The number of amides is 2. The maximum atomic E-state index is 13.1. The highest BCUT2D eigenvalue weighted by Gasteiger charge is 2.23. The number of benzene rings is 3. The molecule has 2 heterocycles. The number of ether oxygens (including phenoxy) is 1. The Labute approximate surface area is 290 Å². The van der Waals surface area contributed by atoms with Gasteiger partial charge in [0.1, 0.15) is 11.4 Å². The quantitative estimate of drug-likeness (QED) is 0.0945. The van der Waals surface area contributed by atoms with Crippen LogP contribution in [-0.4, -0.2) is 66.3 Å². The maximum absolute atomic E-state index is 13.1. The fourth-order valence-electron chi connectivity index (χ4n) is 5.30. The Bertz CT molecular complexity index is 2090. The molecule has 11 nitrogen and oxygen atoms in total. The number of nitrogens with one attached hydrogen (secondary N) is 2. The van der Waals surface area contributed by atoms with E-state index in [2.05, 4.69) is 20.0 Å². The zero-order valence-electron chi connectivity index (χ0n) is 27.6. The van der Waals surface area contributed by atoms with Crippen molar-refractivity contribution in [3.8, 4) is 11.1 Å². The van der Waals surface area contributed by atoms with Crippen LogP contribution in [0.15, 0.2) is 85.2 Å². The molecule has 49 heavy (non-hydrogen) atoms. The molecule has 2 aromatic heterocycles. The second-order valence-electron chi connectivity index (χ2n) is 12.6. The van der Waals surface area contributed by atoms with Gasteiger partial charge in [-0.25, -0.2) is 22.9 Å². The van der Waals surface area contributed by atoms with Crippen molar-refractivity contribution >= 4 is 61.1 Å². The molecule has 13 heteroatoms. The molecule has 0 aliphatic rings. The van der Waals surface area contributed by atoms with Gasteiger partial charge in [0.15, 0.2) is 0 Å². The first-order valence-electron chi connectivity index (χ1n) is 15.8. The van der Waals surface area contributed by atoms with E-state index in [1.54, 1.807) is 57.4 Å². The van der Waals surface area contributed by atoms with Gasteiger partial charge < -0.3 is 20.7 Å². The van der Waals surface area contributed by atoms with Gasteiger partial charge in [0.2, 0.25) is 15.9 Å². The van der Waals surface area contributed by atoms with Crippen molar-refractivity contribution in [3.63, 3.8) is 0 Å². The highest BCUT2D eigenvalue weighted by atomic mass is 35.5. The molecule has 0 saturated heterocycles. The standard InChI is InChI=1S/C36H39ClN6O5S/c1-36(2,3)48-35(45)43(23-24-10-12-27(31(37)20-24)25-8-5-4-6-9-25)18-17-41-49(46,47)19-7-15-40-34-29-14-16-39-22-30(29)28-13-11-26(33(38)44)21-32(28)42-34/h4-6,8-14,16,20-22,41H,7,15,17-19,23H2,1-3H3,(H2,38,44)(H,40,42). The Morgan fingerprint density at radius 3 is 2.45 bits per heavy atom. The number of nitrogens with zero attached hydrogens (tertiary/aromatic N) is 3. The Morgan fingerprint density at radius 2 is 1.73 bits per heavy atom. The van der Waals surface area contributed by atoms with Crippen LogP contribution >= 0.6 is 11.6 Å². The van der Waals surface area contributed by atoms with E-state index in [1.807, 2.05) is 48.5 Å². The van der Waals surface area contributed by atoms with E-state index in [-0.39, 0.29) is 31.8 Å². The summed E-state index contributed by atoms with van der Waals surface area (Å²) in [5, 5.41) is 6.24. The summed E-state index contributed by atoms with van der Waals surface area (Å²) in [6.07, 6.45) is 3.10. The second-order valence-corrected chi connectivity index (χ2v) is 14.9. The van der Waals surface area contributed by atoms with Crippen molar-refractivity contribution in [2.75, 3.05) is 30.7 Å². The molecule has 4 N–H and O–H groups in total. The number of rotatable bonds is 13. The van der Waals surface area contributed by atoms with Crippen LogP contribution in [0, 0.1) is 0 Å². The fraction of sp³-hybridized carbons (Fsp3) is 0.278. The SMILES string of the molecule is CC(C)(C)OC(=O)N(CCNS(=O)(=O)CCCNc1nc2cc(C(N)=O)ccc2c2cnccc12)Cc1ccc(-c2ccccc2)c(Cl)c1. The highest BCUT2D eigenvalue weighted by molar-refractivity contribution is 7.89. The molecule has 0 aliphatic heterocycles. The largest absolute Gasteiger partial charge is 0.444 e. The zero-order chi connectivity index (χ0) is 35.2. The van der Waals surface area contributed by atoms with Crippen LogP contribution in [0.3, 0.4) is 0 Å². The van der Waals surface area contributed by atoms with E-state index in [0.717, 1.165) is 32.8 Å². The third-order valence-corrected chi connectivity index (χ3v) is 9.39. The van der Waals surface area contributed by atoms with E-state index in [1.165, 1.54) is 4.90 Å². The summed E-state index contributed by atoms with van der Waals surface area (Å²) in [7, 11) is -3.67. The number of aromatic nitrogens is 2. The number of carbonyl (C=O) groups is 2. The Hall–Kier alpha value is -4.78. The number of halogens is 1. The van der Waals surface area contributed by atoms with Gasteiger partial charge in [0.25, 0.3) is 0 Å². The molecule has 256 valence electrons. The number of pyridine rings is 2. The van der Waals surface area contributed by atoms with Gasteiger partial charge in [-0.05, 0) is 62.6 Å². The Morgan fingerprint density at radius 1 is 0.959 bits per heavy atom.